The monoisotopic (exact) mass is 534 g/mol. The lowest BCUT2D eigenvalue weighted by Crippen LogP contribution is -2.37. The molecule has 1 aliphatic rings. The second kappa shape index (κ2) is 11.9. The zero-order valence-electron chi connectivity index (χ0n) is 18.0. The van der Waals surface area contributed by atoms with Crippen molar-refractivity contribution in [3.63, 3.8) is 0 Å². The molecule has 166 valence electrons. The number of ether oxygens (including phenoxy) is 1. The molecule has 1 fully saturated rings. The van der Waals surface area contributed by atoms with Crippen LogP contribution in [0, 0.1) is 5.92 Å². The Bertz CT molecular complexity index is 985. The van der Waals surface area contributed by atoms with Gasteiger partial charge in [-0.25, -0.2) is 4.99 Å². The number of guanidine groups is 1. The second-order valence-corrected chi connectivity index (χ2v) is 7.63. The van der Waals surface area contributed by atoms with Crippen LogP contribution in [0.15, 0.2) is 53.7 Å². The smallest absolute Gasteiger partial charge is 0.191 e. The lowest BCUT2D eigenvalue weighted by Gasteiger charge is -2.13. The Morgan fingerprint density at radius 1 is 1.13 bits per heavy atom. The molecule has 2 N–H and O–H groups in total. The Labute approximate surface area is 200 Å². The number of rotatable bonds is 10. The first-order chi connectivity index (χ1) is 14.8. The molecule has 2 heterocycles. The van der Waals surface area contributed by atoms with Crippen molar-refractivity contribution in [1.29, 1.82) is 0 Å². The molecule has 1 aliphatic carbocycles. The first kappa shape index (κ1) is 23.3. The third-order valence-corrected chi connectivity index (χ3v) is 5.15. The van der Waals surface area contributed by atoms with E-state index in [2.05, 4.69) is 33.8 Å². The third-order valence-electron chi connectivity index (χ3n) is 5.15. The van der Waals surface area contributed by atoms with Crippen molar-refractivity contribution < 1.29 is 4.74 Å². The Morgan fingerprint density at radius 3 is 2.81 bits per heavy atom. The number of aromatic nitrogens is 3. The minimum absolute atomic E-state index is 0. The normalized spacial score (nSPS) is 13.6. The van der Waals surface area contributed by atoms with Crippen LogP contribution in [-0.4, -0.2) is 40.3 Å². The number of para-hydroxylation sites is 1. The molecule has 2 aromatic heterocycles. The third kappa shape index (κ3) is 6.81. The van der Waals surface area contributed by atoms with E-state index in [0.717, 1.165) is 67.2 Å². The van der Waals surface area contributed by atoms with E-state index in [9.17, 15) is 0 Å². The quantitative estimate of drug-likeness (QED) is 0.179. The molecule has 0 bridgehead atoms. The van der Waals surface area contributed by atoms with Crippen molar-refractivity contribution in [2.24, 2.45) is 10.9 Å². The maximum absolute atomic E-state index is 6.00. The molecule has 0 aliphatic heterocycles. The number of nitrogens with zero attached hydrogens (tertiary/aromatic N) is 4. The summed E-state index contributed by atoms with van der Waals surface area (Å²) in [6, 6.07) is 14.1. The van der Waals surface area contributed by atoms with Crippen LogP contribution in [0.5, 0.6) is 5.75 Å². The first-order valence-electron chi connectivity index (χ1n) is 10.8. The molecule has 0 amide bonds. The summed E-state index contributed by atoms with van der Waals surface area (Å²) in [6.45, 7) is 5.11. The maximum atomic E-state index is 6.00. The summed E-state index contributed by atoms with van der Waals surface area (Å²) in [5, 5.41) is 15.2. The van der Waals surface area contributed by atoms with Gasteiger partial charge in [-0.05, 0) is 50.3 Å². The largest absolute Gasteiger partial charge is 0.493 e. The van der Waals surface area contributed by atoms with Crippen LogP contribution >= 0.6 is 24.0 Å². The van der Waals surface area contributed by atoms with Gasteiger partial charge >= 0.3 is 0 Å². The predicted octanol–water partition coefficient (Wildman–Crippen LogP) is 3.82. The molecule has 8 heteroatoms. The molecular formula is C23H31IN6O. The highest BCUT2D eigenvalue weighted by molar-refractivity contribution is 14.0. The second-order valence-electron chi connectivity index (χ2n) is 7.63. The van der Waals surface area contributed by atoms with Crippen molar-refractivity contribution in [3.8, 4) is 5.75 Å². The summed E-state index contributed by atoms with van der Waals surface area (Å²) in [6.07, 6.45) is 6.39. The molecule has 3 aromatic rings. The van der Waals surface area contributed by atoms with E-state index in [0.29, 0.717) is 6.54 Å². The van der Waals surface area contributed by atoms with Gasteiger partial charge in [0.2, 0.25) is 0 Å². The Balaban J connectivity index is 0.00000272. The zero-order valence-corrected chi connectivity index (χ0v) is 20.3. The van der Waals surface area contributed by atoms with Crippen molar-refractivity contribution in [1.82, 2.24) is 25.2 Å². The van der Waals surface area contributed by atoms with Crippen LogP contribution in [0.1, 0.15) is 37.6 Å². The number of hydrogen-bond acceptors (Lipinski definition) is 4. The summed E-state index contributed by atoms with van der Waals surface area (Å²) in [5.74, 6) is 3.49. The molecule has 1 aromatic carbocycles. The van der Waals surface area contributed by atoms with Gasteiger partial charge in [0, 0.05) is 31.3 Å². The van der Waals surface area contributed by atoms with Gasteiger partial charge in [-0.15, -0.1) is 34.2 Å². The van der Waals surface area contributed by atoms with Gasteiger partial charge in [0.05, 0.1) is 13.2 Å². The number of hydrogen-bond donors (Lipinski definition) is 2. The van der Waals surface area contributed by atoms with Crippen LogP contribution in [0.3, 0.4) is 0 Å². The lowest BCUT2D eigenvalue weighted by molar-refractivity contribution is 0.297. The summed E-state index contributed by atoms with van der Waals surface area (Å²) in [4.78, 5) is 4.75. The van der Waals surface area contributed by atoms with Gasteiger partial charge in [-0.2, -0.15) is 0 Å². The first-order valence-corrected chi connectivity index (χ1v) is 10.8. The van der Waals surface area contributed by atoms with E-state index in [4.69, 9.17) is 9.73 Å². The fourth-order valence-corrected chi connectivity index (χ4v) is 3.29. The number of pyridine rings is 1. The topological polar surface area (TPSA) is 75.8 Å². The van der Waals surface area contributed by atoms with Gasteiger partial charge in [0.15, 0.2) is 11.6 Å². The van der Waals surface area contributed by atoms with Crippen molar-refractivity contribution in [2.45, 2.75) is 39.2 Å². The van der Waals surface area contributed by atoms with E-state index >= 15 is 0 Å². The number of aryl methyl sites for hydroxylation is 1. The minimum atomic E-state index is 0. The highest BCUT2D eigenvalue weighted by Gasteiger charge is 2.22. The van der Waals surface area contributed by atoms with Crippen LogP contribution in [0.4, 0.5) is 0 Å². The zero-order chi connectivity index (χ0) is 20.6. The molecule has 4 rings (SSSR count). The van der Waals surface area contributed by atoms with Crippen LogP contribution in [0.2, 0.25) is 0 Å². The Kier molecular flexibility index (Phi) is 8.93. The number of fused-ring (bicyclic) bond motifs is 1. The van der Waals surface area contributed by atoms with E-state index in [1.54, 1.807) is 0 Å². The van der Waals surface area contributed by atoms with E-state index in [-0.39, 0.29) is 24.0 Å². The summed E-state index contributed by atoms with van der Waals surface area (Å²) >= 11 is 0. The molecule has 0 unspecified atom stereocenters. The van der Waals surface area contributed by atoms with Crippen molar-refractivity contribution in [2.75, 3.05) is 19.7 Å². The summed E-state index contributed by atoms with van der Waals surface area (Å²) in [7, 11) is 0. The molecule has 7 nitrogen and oxygen atoms in total. The maximum Gasteiger partial charge on any atom is 0.191 e. The molecule has 0 spiro atoms. The lowest BCUT2D eigenvalue weighted by atomic mass is 10.2. The average molecular weight is 534 g/mol. The highest BCUT2D eigenvalue weighted by atomic mass is 127. The summed E-state index contributed by atoms with van der Waals surface area (Å²) in [5.41, 5.74) is 2.00. The minimum Gasteiger partial charge on any atom is -0.493 e. The van der Waals surface area contributed by atoms with E-state index in [1.807, 2.05) is 47.0 Å². The van der Waals surface area contributed by atoms with E-state index < -0.39 is 0 Å². The van der Waals surface area contributed by atoms with Gasteiger partial charge in [-0.3, -0.25) is 4.40 Å². The molecule has 31 heavy (non-hydrogen) atoms. The summed E-state index contributed by atoms with van der Waals surface area (Å²) < 4.78 is 8.04. The number of benzene rings is 1. The number of nitrogens with one attached hydrogen (secondary N) is 2. The fraction of sp³-hybridized carbons (Fsp3) is 0.435. The van der Waals surface area contributed by atoms with Gasteiger partial charge in [0.25, 0.3) is 0 Å². The SMILES string of the molecule is CCNC(=NCc1ccccc1OCC1CC1)NCCCc1nnc2ccccn12.I. The highest BCUT2D eigenvalue weighted by Crippen LogP contribution is 2.30. The van der Waals surface area contributed by atoms with Crippen molar-refractivity contribution in [3.05, 3.63) is 60.0 Å². The molecule has 0 atom stereocenters. The Morgan fingerprint density at radius 2 is 1.97 bits per heavy atom. The Hall–Kier alpha value is -2.36. The predicted molar refractivity (Wildman–Crippen MR) is 134 cm³/mol. The van der Waals surface area contributed by atoms with E-state index in [1.165, 1.54) is 12.8 Å². The average Bonchev–Trinajstić information content (AvgIpc) is 3.52. The van der Waals surface area contributed by atoms with Gasteiger partial charge in [0.1, 0.15) is 11.6 Å². The van der Waals surface area contributed by atoms with Crippen LogP contribution in [-0.2, 0) is 13.0 Å². The van der Waals surface area contributed by atoms with Crippen LogP contribution < -0.4 is 15.4 Å². The molecule has 0 radical (unpaired) electrons. The molecule has 0 saturated heterocycles. The van der Waals surface area contributed by atoms with Crippen LogP contribution in [0.25, 0.3) is 5.65 Å². The van der Waals surface area contributed by atoms with Gasteiger partial charge in [-0.1, -0.05) is 24.3 Å². The standard InChI is InChI=1S/C23H30N6O.HI/c1-2-24-23(25-14-7-11-22-28-27-21-10-5-6-15-29(21)22)26-16-19-8-3-4-9-20(19)30-17-18-12-13-18;/h3-6,8-10,15,18H,2,7,11-14,16-17H2,1H3,(H2,24,25,26);1H. The number of halogens is 1. The van der Waals surface area contributed by atoms with Gasteiger partial charge < -0.3 is 15.4 Å². The fourth-order valence-electron chi connectivity index (χ4n) is 3.29. The molecular weight excluding hydrogens is 503 g/mol. The van der Waals surface area contributed by atoms with Crippen molar-refractivity contribution >= 4 is 35.6 Å². The number of aliphatic imine (C=N–C) groups is 1. The molecule has 1 saturated carbocycles.